The second kappa shape index (κ2) is 5.51. The largest absolute Gasteiger partial charge is 0.369 e. The van der Waals surface area contributed by atoms with E-state index in [0.717, 1.165) is 31.7 Å². The molecule has 1 aliphatic rings. The molecule has 1 saturated heterocycles. The monoisotopic (exact) mass is 227 g/mol. The van der Waals surface area contributed by atoms with Crippen LogP contribution in [-0.2, 0) is 0 Å². The molecule has 0 atom stereocenters. The van der Waals surface area contributed by atoms with Crippen LogP contribution in [0.2, 0.25) is 0 Å². The molecule has 3 nitrogen and oxygen atoms in total. The number of hydrogen-bond donors (Lipinski definition) is 0. The topological polar surface area (TPSA) is 30.3 Å². The van der Waals surface area contributed by atoms with Gasteiger partial charge in [-0.15, -0.1) is 0 Å². The highest BCUT2D eigenvalue weighted by atomic mass is 15.2. The summed E-state index contributed by atoms with van der Waals surface area (Å²) < 4.78 is 0. The van der Waals surface area contributed by atoms with Gasteiger partial charge in [0.05, 0.1) is 6.07 Å². The number of nitrogens with zero attached hydrogens (tertiary/aromatic N) is 3. The van der Waals surface area contributed by atoms with Gasteiger partial charge in [0.2, 0.25) is 0 Å². The number of anilines is 1. The highest BCUT2D eigenvalue weighted by Gasteiger charge is 2.13. The van der Waals surface area contributed by atoms with Crippen LogP contribution in [0.4, 0.5) is 5.69 Å². The molecule has 1 aliphatic heterocycles. The summed E-state index contributed by atoms with van der Waals surface area (Å²) in [6.45, 7) is 4.42. The van der Waals surface area contributed by atoms with Gasteiger partial charge in [0.1, 0.15) is 0 Å². The highest BCUT2D eigenvalue weighted by Crippen LogP contribution is 2.17. The number of likely N-dealkylation sites (N-methyl/N-ethyl adjacent to an activating group) is 1. The second-order valence-electron chi connectivity index (χ2n) is 4.34. The number of rotatable bonds is 2. The summed E-state index contributed by atoms with van der Waals surface area (Å²) in [6, 6.07) is 10.4. The molecule has 0 spiro atoms. The Bertz CT molecular complexity index is 420. The molecule has 0 aromatic heterocycles. The molecule has 0 saturated carbocycles. The lowest BCUT2D eigenvalue weighted by Crippen LogP contribution is -2.44. The maximum absolute atomic E-state index is 8.46. The van der Waals surface area contributed by atoms with E-state index in [0.29, 0.717) is 0 Å². The fourth-order valence-corrected chi connectivity index (χ4v) is 1.99. The van der Waals surface area contributed by atoms with Crippen molar-refractivity contribution in [3.8, 4) is 6.07 Å². The molecular formula is C14H17N3. The van der Waals surface area contributed by atoms with Crippen LogP contribution in [0.25, 0.3) is 6.08 Å². The van der Waals surface area contributed by atoms with Crippen LogP contribution < -0.4 is 4.90 Å². The molecular weight excluding hydrogens is 210 g/mol. The average molecular weight is 227 g/mol. The molecule has 1 heterocycles. The van der Waals surface area contributed by atoms with Crippen molar-refractivity contribution in [2.75, 3.05) is 38.1 Å². The summed E-state index contributed by atoms with van der Waals surface area (Å²) in [5.74, 6) is 0. The van der Waals surface area contributed by atoms with E-state index in [2.05, 4.69) is 41.1 Å². The van der Waals surface area contributed by atoms with Crippen LogP contribution >= 0.6 is 0 Å². The van der Waals surface area contributed by atoms with E-state index in [1.165, 1.54) is 11.8 Å². The van der Waals surface area contributed by atoms with E-state index in [1.807, 2.05) is 12.1 Å². The first-order chi connectivity index (χ1) is 8.29. The van der Waals surface area contributed by atoms with Crippen molar-refractivity contribution < 1.29 is 0 Å². The molecule has 0 bridgehead atoms. The molecule has 88 valence electrons. The number of nitriles is 1. The van der Waals surface area contributed by atoms with Gasteiger partial charge >= 0.3 is 0 Å². The molecule has 0 radical (unpaired) electrons. The van der Waals surface area contributed by atoms with Crippen molar-refractivity contribution in [2.24, 2.45) is 0 Å². The van der Waals surface area contributed by atoms with Gasteiger partial charge in [-0.1, -0.05) is 12.1 Å². The predicted molar refractivity (Wildman–Crippen MR) is 70.8 cm³/mol. The van der Waals surface area contributed by atoms with Crippen molar-refractivity contribution in [1.29, 1.82) is 5.26 Å². The van der Waals surface area contributed by atoms with E-state index in [1.54, 1.807) is 0 Å². The molecule has 0 unspecified atom stereocenters. The molecule has 0 N–H and O–H groups in total. The Hall–Kier alpha value is -1.79. The minimum absolute atomic E-state index is 1.07. The molecule has 3 heteroatoms. The number of piperazine rings is 1. The van der Waals surface area contributed by atoms with Crippen LogP contribution in [0.5, 0.6) is 0 Å². The normalized spacial score (nSPS) is 17.3. The van der Waals surface area contributed by atoms with Crippen LogP contribution in [0.3, 0.4) is 0 Å². The van der Waals surface area contributed by atoms with Crippen molar-refractivity contribution in [3.05, 3.63) is 35.9 Å². The first-order valence-corrected chi connectivity index (χ1v) is 5.89. The standard InChI is InChI=1S/C14H17N3/c1-16-9-11-17(12-10-16)14-6-4-13(5-7-14)3-2-8-15/h2-7H,9-12H2,1H3. The van der Waals surface area contributed by atoms with Crippen LogP contribution in [0.1, 0.15) is 5.56 Å². The molecule has 0 amide bonds. The maximum Gasteiger partial charge on any atom is 0.0912 e. The molecule has 1 aromatic rings. The van der Waals surface area contributed by atoms with Gasteiger partial charge in [-0.25, -0.2) is 0 Å². The van der Waals surface area contributed by atoms with Crippen LogP contribution in [-0.4, -0.2) is 38.1 Å². The third kappa shape index (κ3) is 3.08. The second-order valence-corrected chi connectivity index (χ2v) is 4.34. The fourth-order valence-electron chi connectivity index (χ4n) is 1.99. The van der Waals surface area contributed by atoms with Crippen molar-refractivity contribution in [3.63, 3.8) is 0 Å². The maximum atomic E-state index is 8.46. The van der Waals surface area contributed by atoms with Gasteiger partial charge in [-0.2, -0.15) is 5.26 Å². The Morgan fingerprint density at radius 1 is 1.12 bits per heavy atom. The third-order valence-electron chi connectivity index (χ3n) is 3.11. The fraction of sp³-hybridized carbons (Fsp3) is 0.357. The van der Waals surface area contributed by atoms with E-state index in [-0.39, 0.29) is 0 Å². The summed E-state index contributed by atoms with van der Waals surface area (Å²) in [4.78, 5) is 4.75. The Morgan fingerprint density at radius 3 is 2.35 bits per heavy atom. The summed E-state index contributed by atoms with van der Waals surface area (Å²) in [5, 5.41) is 8.46. The molecule has 17 heavy (non-hydrogen) atoms. The Kier molecular flexibility index (Phi) is 3.79. The summed E-state index contributed by atoms with van der Waals surface area (Å²) in [7, 11) is 2.16. The van der Waals surface area contributed by atoms with Gasteiger partial charge in [0, 0.05) is 37.9 Å². The Labute approximate surface area is 103 Å². The van der Waals surface area contributed by atoms with Gasteiger partial charge in [0.25, 0.3) is 0 Å². The zero-order valence-corrected chi connectivity index (χ0v) is 10.1. The Morgan fingerprint density at radius 2 is 1.76 bits per heavy atom. The minimum Gasteiger partial charge on any atom is -0.369 e. The SMILES string of the molecule is CN1CCN(c2ccc(C=CC#N)cc2)CC1. The van der Waals surface area contributed by atoms with Crippen molar-refractivity contribution >= 4 is 11.8 Å². The number of hydrogen-bond acceptors (Lipinski definition) is 3. The first kappa shape index (κ1) is 11.7. The zero-order chi connectivity index (χ0) is 12.1. The first-order valence-electron chi connectivity index (χ1n) is 5.89. The molecule has 0 aliphatic carbocycles. The predicted octanol–water partition coefficient (Wildman–Crippen LogP) is 1.98. The van der Waals surface area contributed by atoms with Gasteiger partial charge < -0.3 is 9.80 Å². The molecule has 1 fully saturated rings. The summed E-state index contributed by atoms with van der Waals surface area (Å²) in [5.41, 5.74) is 2.34. The van der Waals surface area contributed by atoms with E-state index < -0.39 is 0 Å². The Balaban J connectivity index is 2.03. The third-order valence-corrected chi connectivity index (χ3v) is 3.11. The van der Waals surface area contributed by atoms with Gasteiger partial charge in [-0.05, 0) is 30.8 Å². The lowest BCUT2D eigenvalue weighted by Gasteiger charge is -2.34. The van der Waals surface area contributed by atoms with E-state index in [4.69, 9.17) is 5.26 Å². The zero-order valence-electron chi connectivity index (χ0n) is 10.1. The van der Waals surface area contributed by atoms with Gasteiger partial charge in [-0.3, -0.25) is 0 Å². The highest BCUT2D eigenvalue weighted by molar-refractivity contribution is 5.57. The van der Waals surface area contributed by atoms with Gasteiger partial charge in [0.15, 0.2) is 0 Å². The lowest BCUT2D eigenvalue weighted by atomic mass is 10.1. The van der Waals surface area contributed by atoms with Crippen LogP contribution in [0.15, 0.2) is 30.3 Å². The minimum atomic E-state index is 1.07. The summed E-state index contributed by atoms with van der Waals surface area (Å²) >= 11 is 0. The van der Waals surface area contributed by atoms with Crippen molar-refractivity contribution in [1.82, 2.24) is 4.90 Å². The smallest absolute Gasteiger partial charge is 0.0912 e. The average Bonchev–Trinajstić information content (AvgIpc) is 2.38. The quantitative estimate of drug-likeness (QED) is 0.724. The molecule has 2 rings (SSSR count). The van der Waals surface area contributed by atoms with Crippen molar-refractivity contribution in [2.45, 2.75) is 0 Å². The van der Waals surface area contributed by atoms with E-state index >= 15 is 0 Å². The van der Waals surface area contributed by atoms with E-state index in [9.17, 15) is 0 Å². The number of allylic oxidation sites excluding steroid dienone is 1. The molecule has 1 aromatic carbocycles. The number of benzene rings is 1. The van der Waals surface area contributed by atoms with Crippen LogP contribution in [0, 0.1) is 11.3 Å². The lowest BCUT2D eigenvalue weighted by molar-refractivity contribution is 0.313. The summed E-state index contributed by atoms with van der Waals surface area (Å²) in [6.07, 6.45) is 3.33.